The SMILES string of the molecule is CCCCCCCNC(=O)c1c(N)n(-c2ccc(Cl)c([N+](=O)[O-])c2)c2nc3ccccc3nc12. The Morgan fingerprint density at radius 3 is 2.53 bits per heavy atom. The van der Waals surface area contributed by atoms with Gasteiger partial charge in [0.1, 0.15) is 21.9 Å². The molecule has 0 saturated heterocycles. The summed E-state index contributed by atoms with van der Waals surface area (Å²) in [5.41, 5.74) is 8.64. The molecule has 0 aliphatic heterocycles. The van der Waals surface area contributed by atoms with Gasteiger partial charge in [0.15, 0.2) is 5.65 Å². The molecule has 0 fully saturated rings. The summed E-state index contributed by atoms with van der Waals surface area (Å²) in [6, 6.07) is 11.6. The first-order chi connectivity index (χ1) is 16.4. The zero-order chi connectivity index (χ0) is 24.2. The molecule has 3 N–H and O–H groups in total. The second-order valence-electron chi connectivity index (χ2n) is 8.04. The van der Waals surface area contributed by atoms with E-state index in [0.717, 1.165) is 25.7 Å². The van der Waals surface area contributed by atoms with E-state index in [1.165, 1.54) is 23.1 Å². The number of nitrogens with two attached hydrogens (primary N) is 1. The van der Waals surface area contributed by atoms with Crippen molar-refractivity contribution in [2.75, 3.05) is 12.3 Å². The zero-order valence-electron chi connectivity index (χ0n) is 18.8. The van der Waals surface area contributed by atoms with Crippen molar-refractivity contribution >= 4 is 51.2 Å². The number of rotatable bonds is 9. The molecule has 9 nitrogen and oxygen atoms in total. The fourth-order valence-electron chi connectivity index (χ4n) is 3.95. The Balaban J connectivity index is 1.81. The summed E-state index contributed by atoms with van der Waals surface area (Å²) in [7, 11) is 0. The van der Waals surface area contributed by atoms with Gasteiger partial charge in [-0.1, -0.05) is 56.3 Å². The lowest BCUT2D eigenvalue weighted by Gasteiger charge is -2.09. The topological polar surface area (TPSA) is 129 Å². The van der Waals surface area contributed by atoms with Crippen LogP contribution in [-0.4, -0.2) is 31.9 Å². The Morgan fingerprint density at radius 1 is 1.12 bits per heavy atom. The van der Waals surface area contributed by atoms with E-state index in [-0.39, 0.29) is 28.0 Å². The lowest BCUT2D eigenvalue weighted by molar-refractivity contribution is -0.384. The van der Waals surface area contributed by atoms with E-state index in [4.69, 9.17) is 17.3 Å². The van der Waals surface area contributed by atoms with Gasteiger partial charge in [-0.2, -0.15) is 0 Å². The zero-order valence-corrected chi connectivity index (χ0v) is 19.5. The molecular weight excluding hydrogens is 456 g/mol. The van der Waals surface area contributed by atoms with Gasteiger partial charge >= 0.3 is 0 Å². The van der Waals surface area contributed by atoms with Crippen LogP contribution in [0.4, 0.5) is 11.5 Å². The average Bonchev–Trinajstić information content (AvgIpc) is 3.10. The van der Waals surface area contributed by atoms with Crippen molar-refractivity contribution in [2.24, 2.45) is 0 Å². The third-order valence-corrected chi connectivity index (χ3v) is 5.99. The fourth-order valence-corrected chi connectivity index (χ4v) is 4.13. The molecule has 34 heavy (non-hydrogen) atoms. The van der Waals surface area contributed by atoms with Crippen LogP contribution in [0.5, 0.6) is 0 Å². The molecule has 0 aliphatic carbocycles. The number of hydrogen-bond donors (Lipinski definition) is 2. The minimum Gasteiger partial charge on any atom is -0.384 e. The van der Waals surface area contributed by atoms with Gasteiger partial charge in [-0.25, -0.2) is 9.97 Å². The Morgan fingerprint density at radius 2 is 1.82 bits per heavy atom. The van der Waals surface area contributed by atoms with Crippen LogP contribution in [0.1, 0.15) is 49.4 Å². The summed E-state index contributed by atoms with van der Waals surface area (Å²) in [6.45, 7) is 2.67. The number of fused-ring (bicyclic) bond motifs is 2. The van der Waals surface area contributed by atoms with Crippen LogP contribution in [0.2, 0.25) is 5.02 Å². The first-order valence-electron chi connectivity index (χ1n) is 11.2. The van der Waals surface area contributed by atoms with Crippen LogP contribution in [0.15, 0.2) is 42.5 Å². The molecule has 0 aliphatic rings. The fraction of sp³-hybridized carbons (Fsp3) is 0.292. The second-order valence-corrected chi connectivity index (χ2v) is 8.45. The molecule has 4 rings (SSSR count). The minimum absolute atomic E-state index is 0.00126. The summed E-state index contributed by atoms with van der Waals surface area (Å²) < 4.78 is 1.51. The van der Waals surface area contributed by atoms with Crippen molar-refractivity contribution in [1.29, 1.82) is 0 Å². The van der Waals surface area contributed by atoms with Gasteiger partial charge in [0.2, 0.25) is 0 Å². The van der Waals surface area contributed by atoms with E-state index in [1.54, 1.807) is 18.2 Å². The van der Waals surface area contributed by atoms with Crippen molar-refractivity contribution < 1.29 is 9.72 Å². The standard InChI is InChI=1S/C24H25ClN6O3/c1-2-3-4-5-8-13-27-24(32)20-21-23(29-18-10-7-6-9-17(18)28-21)30(22(20)26)15-11-12-16(25)19(14-15)31(33)34/h6-7,9-12,14H,2-5,8,13,26H2,1H3,(H,27,32). The number of unbranched alkanes of at least 4 members (excludes halogenated alkanes) is 4. The summed E-state index contributed by atoms with van der Waals surface area (Å²) >= 11 is 6.00. The minimum atomic E-state index is -0.568. The average molecular weight is 481 g/mol. The van der Waals surface area contributed by atoms with Crippen molar-refractivity contribution in [3.63, 3.8) is 0 Å². The molecule has 2 aromatic heterocycles. The van der Waals surface area contributed by atoms with Crippen molar-refractivity contribution in [3.05, 3.63) is 63.2 Å². The number of hydrogen-bond acceptors (Lipinski definition) is 6. The number of aromatic nitrogens is 3. The quantitative estimate of drug-likeness (QED) is 0.187. The number of benzene rings is 2. The van der Waals surface area contributed by atoms with Gasteiger partial charge in [-0.05, 0) is 30.7 Å². The van der Waals surface area contributed by atoms with Crippen LogP contribution in [-0.2, 0) is 0 Å². The van der Waals surface area contributed by atoms with E-state index < -0.39 is 4.92 Å². The lowest BCUT2D eigenvalue weighted by Crippen LogP contribution is -2.25. The Labute approximate surface area is 201 Å². The number of anilines is 1. The number of nitro benzene ring substituents is 1. The van der Waals surface area contributed by atoms with Gasteiger partial charge in [-0.3, -0.25) is 19.5 Å². The molecule has 4 aromatic rings. The molecule has 0 radical (unpaired) electrons. The molecule has 2 aromatic carbocycles. The van der Waals surface area contributed by atoms with Crippen molar-refractivity contribution in [1.82, 2.24) is 19.9 Å². The predicted molar refractivity (Wildman–Crippen MR) is 134 cm³/mol. The van der Waals surface area contributed by atoms with E-state index in [2.05, 4.69) is 22.2 Å². The number of para-hydroxylation sites is 2. The molecule has 0 spiro atoms. The van der Waals surface area contributed by atoms with Gasteiger partial charge in [0, 0.05) is 12.6 Å². The normalized spacial score (nSPS) is 11.2. The van der Waals surface area contributed by atoms with Gasteiger partial charge in [-0.15, -0.1) is 0 Å². The van der Waals surface area contributed by atoms with Crippen LogP contribution in [0, 0.1) is 10.1 Å². The smallest absolute Gasteiger partial charge is 0.289 e. The molecule has 176 valence electrons. The molecule has 2 heterocycles. The molecule has 0 unspecified atom stereocenters. The van der Waals surface area contributed by atoms with E-state index in [0.29, 0.717) is 34.4 Å². The number of nitrogens with zero attached hydrogens (tertiary/aromatic N) is 4. The molecule has 10 heteroatoms. The maximum atomic E-state index is 13.2. The van der Waals surface area contributed by atoms with Crippen molar-refractivity contribution in [2.45, 2.75) is 39.0 Å². The highest BCUT2D eigenvalue weighted by Crippen LogP contribution is 2.34. The lowest BCUT2D eigenvalue weighted by atomic mass is 10.1. The molecule has 0 saturated carbocycles. The third-order valence-electron chi connectivity index (χ3n) is 5.68. The summed E-state index contributed by atoms with van der Waals surface area (Å²) in [4.78, 5) is 33.4. The van der Waals surface area contributed by atoms with Crippen LogP contribution >= 0.6 is 11.6 Å². The number of nitrogen functional groups attached to an aromatic ring is 1. The number of carbonyl (C=O) groups excluding carboxylic acids is 1. The molecule has 0 atom stereocenters. The second kappa shape index (κ2) is 10.0. The number of halogens is 1. The number of nitro groups is 1. The van der Waals surface area contributed by atoms with Crippen LogP contribution in [0.25, 0.3) is 27.9 Å². The maximum absolute atomic E-state index is 13.2. The van der Waals surface area contributed by atoms with E-state index in [1.807, 2.05) is 12.1 Å². The largest absolute Gasteiger partial charge is 0.384 e. The molecule has 1 amide bonds. The first kappa shape index (κ1) is 23.4. The van der Waals surface area contributed by atoms with E-state index >= 15 is 0 Å². The number of carbonyl (C=O) groups is 1. The van der Waals surface area contributed by atoms with Gasteiger partial charge < -0.3 is 11.1 Å². The molecule has 0 bridgehead atoms. The van der Waals surface area contributed by atoms with Crippen molar-refractivity contribution in [3.8, 4) is 5.69 Å². The monoisotopic (exact) mass is 480 g/mol. The molecular formula is C24H25ClN6O3. The van der Waals surface area contributed by atoms with Gasteiger partial charge in [0.25, 0.3) is 11.6 Å². The van der Waals surface area contributed by atoms with Gasteiger partial charge in [0.05, 0.1) is 21.6 Å². The van der Waals surface area contributed by atoms with E-state index in [9.17, 15) is 14.9 Å². The number of amides is 1. The van der Waals surface area contributed by atoms with Crippen LogP contribution in [0.3, 0.4) is 0 Å². The third kappa shape index (κ3) is 4.51. The summed E-state index contributed by atoms with van der Waals surface area (Å²) in [5, 5.41) is 14.4. The highest BCUT2D eigenvalue weighted by molar-refractivity contribution is 6.32. The number of nitrogens with one attached hydrogen (secondary N) is 1. The predicted octanol–water partition coefficient (Wildman–Crippen LogP) is 5.42. The first-order valence-corrected chi connectivity index (χ1v) is 11.6. The Bertz CT molecular complexity index is 1380. The summed E-state index contributed by atoms with van der Waals surface area (Å²) in [5.74, 6) is -0.254. The highest BCUT2D eigenvalue weighted by Gasteiger charge is 2.26. The summed E-state index contributed by atoms with van der Waals surface area (Å²) in [6.07, 6.45) is 5.34. The Kier molecular flexibility index (Phi) is 6.93. The Hall–Kier alpha value is -3.72. The maximum Gasteiger partial charge on any atom is 0.289 e. The highest BCUT2D eigenvalue weighted by atomic mass is 35.5. The van der Waals surface area contributed by atoms with Crippen LogP contribution < -0.4 is 11.1 Å².